The summed E-state index contributed by atoms with van der Waals surface area (Å²) in [5, 5.41) is 3.65. The third-order valence-electron chi connectivity index (χ3n) is 3.92. The Hall–Kier alpha value is -0.860. The summed E-state index contributed by atoms with van der Waals surface area (Å²) in [4.78, 5) is 0. The molecule has 0 fully saturated rings. The van der Waals surface area contributed by atoms with Crippen molar-refractivity contribution in [1.29, 1.82) is 0 Å². The lowest BCUT2D eigenvalue weighted by Crippen LogP contribution is -2.42. The Morgan fingerprint density at radius 3 is 2.20 bits per heavy atom. The predicted octanol–water partition coefficient (Wildman–Crippen LogP) is 3.95. The second kappa shape index (κ2) is 8.43. The number of ether oxygens (including phenoxy) is 1. The van der Waals surface area contributed by atoms with Crippen LogP contribution in [0.3, 0.4) is 0 Å². The van der Waals surface area contributed by atoms with Crippen LogP contribution in [0.2, 0.25) is 0 Å². The van der Waals surface area contributed by atoms with E-state index in [0.29, 0.717) is 6.04 Å². The molecule has 1 aromatic rings. The molecule has 1 N–H and O–H groups in total. The first-order chi connectivity index (χ1) is 9.49. The highest BCUT2D eigenvalue weighted by Crippen LogP contribution is 2.19. The zero-order valence-corrected chi connectivity index (χ0v) is 14.0. The maximum absolute atomic E-state index is 5.81. The molecule has 0 heterocycles. The van der Waals surface area contributed by atoms with Gasteiger partial charge in [-0.15, -0.1) is 0 Å². The van der Waals surface area contributed by atoms with Gasteiger partial charge in [0.05, 0.1) is 6.10 Å². The molecule has 1 rings (SSSR count). The van der Waals surface area contributed by atoms with Crippen molar-refractivity contribution in [3.63, 3.8) is 0 Å². The van der Waals surface area contributed by atoms with Gasteiger partial charge < -0.3 is 10.1 Å². The van der Waals surface area contributed by atoms with Crippen LogP contribution in [0.5, 0.6) is 0 Å². The summed E-state index contributed by atoms with van der Waals surface area (Å²) in [7, 11) is 0. The minimum Gasteiger partial charge on any atom is -0.377 e. The van der Waals surface area contributed by atoms with E-state index in [2.05, 4.69) is 59.0 Å². The summed E-state index contributed by atoms with van der Waals surface area (Å²) in [5.74, 6) is 0. The SMILES string of the molecule is CCCNC(Cc1c(C)cc(C)cc1C)C(C)OCC. The molecule has 0 aliphatic carbocycles. The van der Waals surface area contributed by atoms with E-state index in [1.165, 1.54) is 22.3 Å². The predicted molar refractivity (Wildman–Crippen MR) is 87.5 cm³/mol. The molecule has 114 valence electrons. The van der Waals surface area contributed by atoms with Crippen LogP contribution in [-0.4, -0.2) is 25.3 Å². The monoisotopic (exact) mass is 277 g/mol. The summed E-state index contributed by atoms with van der Waals surface area (Å²) < 4.78 is 5.81. The van der Waals surface area contributed by atoms with Crippen LogP contribution >= 0.6 is 0 Å². The molecule has 0 aliphatic heterocycles. The van der Waals surface area contributed by atoms with Gasteiger partial charge in [-0.2, -0.15) is 0 Å². The molecule has 0 saturated carbocycles. The highest BCUT2D eigenvalue weighted by atomic mass is 16.5. The van der Waals surface area contributed by atoms with Crippen LogP contribution in [0.4, 0.5) is 0 Å². The number of hydrogen-bond donors (Lipinski definition) is 1. The molecule has 1 aromatic carbocycles. The maximum atomic E-state index is 5.81. The van der Waals surface area contributed by atoms with Crippen molar-refractivity contribution in [2.24, 2.45) is 0 Å². The molecule has 2 heteroatoms. The van der Waals surface area contributed by atoms with E-state index in [-0.39, 0.29) is 6.10 Å². The molecule has 2 nitrogen and oxygen atoms in total. The van der Waals surface area contributed by atoms with E-state index in [1.807, 2.05) is 0 Å². The van der Waals surface area contributed by atoms with Crippen LogP contribution in [0, 0.1) is 20.8 Å². The van der Waals surface area contributed by atoms with E-state index in [4.69, 9.17) is 4.74 Å². The fraction of sp³-hybridized carbons (Fsp3) is 0.667. The van der Waals surface area contributed by atoms with Gasteiger partial charge in [0.15, 0.2) is 0 Å². The van der Waals surface area contributed by atoms with Gasteiger partial charge in [0, 0.05) is 12.6 Å². The van der Waals surface area contributed by atoms with E-state index in [1.54, 1.807) is 0 Å². The summed E-state index contributed by atoms with van der Waals surface area (Å²) >= 11 is 0. The van der Waals surface area contributed by atoms with Gasteiger partial charge in [-0.1, -0.05) is 24.6 Å². The summed E-state index contributed by atoms with van der Waals surface area (Å²) in [5.41, 5.74) is 5.61. The largest absolute Gasteiger partial charge is 0.377 e. The van der Waals surface area contributed by atoms with Gasteiger partial charge in [0.2, 0.25) is 0 Å². The van der Waals surface area contributed by atoms with Crippen LogP contribution in [0.15, 0.2) is 12.1 Å². The van der Waals surface area contributed by atoms with Crippen LogP contribution < -0.4 is 5.32 Å². The lowest BCUT2D eigenvalue weighted by molar-refractivity contribution is 0.0476. The Balaban J connectivity index is 2.88. The Labute approximate surface area is 124 Å². The molecule has 0 aliphatic rings. The minimum absolute atomic E-state index is 0.242. The van der Waals surface area contributed by atoms with E-state index >= 15 is 0 Å². The number of hydrogen-bond acceptors (Lipinski definition) is 2. The topological polar surface area (TPSA) is 21.3 Å². The Kier molecular flexibility index (Phi) is 7.25. The van der Waals surface area contributed by atoms with Gasteiger partial charge >= 0.3 is 0 Å². The second-order valence-electron chi connectivity index (χ2n) is 5.80. The average molecular weight is 277 g/mol. The van der Waals surface area contributed by atoms with Crippen LogP contribution in [-0.2, 0) is 11.2 Å². The fourth-order valence-electron chi connectivity index (χ4n) is 2.86. The van der Waals surface area contributed by atoms with E-state index in [9.17, 15) is 0 Å². The van der Waals surface area contributed by atoms with Gasteiger partial charge in [-0.3, -0.25) is 0 Å². The lowest BCUT2D eigenvalue weighted by Gasteiger charge is -2.26. The molecule has 0 amide bonds. The molecule has 0 aromatic heterocycles. The average Bonchev–Trinajstić information content (AvgIpc) is 2.37. The quantitative estimate of drug-likeness (QED) is 0.777. The fourth-order valence-corrected chi connectivity index (χ4v) is 2.86. The molecule has 0 saturated heterocycles. The van der Waals surface area contributed by atoms with Gasteiger partial charge in [0.1, 0.15) is 0 Å². The van der Waals surface area contributed by atoms with Crippen molar-refractivity contribution in [3.8, 4) is 0 Å². The third-order valence-corrected chi connectivity index (χ3v) is 3.92. The molecule has 2 atom stereocenters. The smallest absolute Gasteiger partial charge is 0.0703 e. The zero-order chi connectivity index (χ0) is 15.1. The summed E-state index contributed by atoms with van der Waals surface area (Å²) in [6, 6.07) is 4.95. The molecular formula is C18H31NO. The molecule has 0 radical (unpaired) electrons. The van der Waals surface area contributed by atoms with Crippen LogP contribution in [0.1, 0.15) is 49.4 Å². The number of benzene rings is 1. The van der Waals surface area contributed by atoms with Crippen LogP contribution in [0.25, 0.3) is 0 Å². The van der Waals surface area contributed by atoms with Gasteiger partial charge in [-0.25, -0.2) is 0 Å². The molecule has 0 spiro atoms. The number of nitrogens with one attached hydrogen (secondary N) is 1. The molecular weight excluding hydrogens is 246 g/mol. The zero-order valence-electron chi connectivity index (χ0n) is 14.0. The first-order valence-electron chi connectivity index (χ1n) is 7.91. The minimum atomic E-state index is 0.242. The lowest BCUT2D eigenvalue weighted by atomic mass is 9.92. The molecule has 20 heavy (non-hydrogen) atoms. The normalized spacial score (nSPS) is 14.3. The van der Waals surface area contributed by atoms with Gasteiger partial charge in [-0.05, 0) is 70.7 Å². The van der Waals surface area contributed by atoms with Crippen molar-refractivity contribution >= 4 is 0 Å². The van der Waals surface area contributed by atoms with Gasteiger partial charge in [0.25, 0.3) is 0 Å². The van der Waals surface area contributed by atoms with Crippen molar-refractivity contribution in [2.75, 3.05) is 13.2 Å². The standard InChI is InChI=1S/C18H31NO/c1-7-9-19-18(16(6)20-8-2)12-17-14(4)10-13(3)11-15(17)5/h10-11,16,18-19H,7-9,12H2,1-6H3. The first-order valence-corrected chi connectivity index (χ1v) is 7.91. The molecule has 2 unspecified atom stereocenters. The van der Waals surface area contributed by atoms with Crippen molar-refractivity contribution in [1.82, 2.24) is 5.32 Å². The number of rotatable bonds is 8. The maximum Gasteiger partial charge on any atom is 0.0703 e. The van der Waals surface area contributed by atoms with Crippen molar-refractivity contribution < 1.29 is 4.74 Å². The van der Waals surface area contributed by atoms with Crippen molar-refractivity contribution in [3.05, 3.63) is 34.4 Å². The highest BCUT2D eigenvalue weighted by Gasteiger charge is 2.19. The summed E-state index contributed by atoms with van der Waals surface area (Å²) in [6.07, 6.45) is 2.44. The van der Waals surface area contributed by atoms with E-state index in [0.717, 1.165) is 26.0 Å². The van der Waals surface area contributed by atoms with Crippen molar-refractivity contribution in [2.45, 2.75) is 66.5 Å². The molecule has 0 bridgehead atoms. The third kappa shape index (κ3) is 4.92. The summed E-state index contributed by atoms with van der Waals surface area (Å²) in [6.45, 7) is 14.9. The Morgan fingerprint density at radius 1 is 1.10 bits per heavy atom. The van der Waals surface area contributed by atoms with E-state index < -0.39 is 0 Å². The highest BCUT2D eigenvalue weighted by molar-refractivity contribution is 5.38. The first kappa shape index (κ1) is 17.2. The Morgan fingerprint density at radius 2 is 1.70 bits per heavy atom. The number of aryl methyl sites for hydroxylation is 3. The Bertz CT molecular complexity index is 391. The second-order valence-corrected chi connectivity index (χ2v) is 5.80.